The fraction of sp³-hybridized carbons (Fsp3) is 0.588. The van der Waals surface area contributed by atoms with Gasteiger partial charge in [0.25, 0.3) is 0 Å². The van der Waals surface area contributed by atoms with Gasteiger partial charge in [-0.05, 0) is 38.3 Å². The van der Waals surface area contributed by atoms with E-state index in [1.165, 1.54) is 0 Å². The first-order chi connectivity index (χ1) is 11.2. The smallest absolute Gasteiger partial charge is 0.310 e. The van der Waals surface area contributed by atoms with Crippen LogP contribution in [0.25, 0.3) is 0 Å². The molecule has 1 N–H and O–H groups in total. The van der Waals surface area contributed by atoms with E-state index < -0.39 is 0 Å². The number of carbonyl (C=O) groups is 1. The Morgan fingerprint density at radius 3 is 3.00 bits per heavy atom. The van der Waals surface area contributed by atoms with E-state index in [9.17, 15) is 4.79 Å². The number of aliphatic imine (C=N–C) groups is 1. The van der Waals surface area contributed by atoms with Gasteiger partial charge in [0.1, 0.15) is 0 Å². The van der Waals surface area contributed by atoms with E-state index in [-0.39, 0.29) is 35.9 Å². The number of aromatic nitrogens is 1. The molecule has 0 amide bonds. The molecule has 0 aliphatic carbocycles. The molecule has 1 aromatic heterocycles. The lowest BCUT2D eigenvalue weighted by Crippen LogP contribution is -2.48. The maximum absolute atomic E-state index is 12.0. The molecule has 1 aliphatic rings. The third-order valence-corrected chi connectivity index (χ3v) is 4.08. The Balaban J connectivity index is 0.00000288. The highest BCUT2D eigenvalue weighted by Crippen LogP contribution is 2.18. The number of ether oxygens (including phenoxy) is 1. The summed E-state index contributed by atoms with van der Waals surface area (Å²) in [6.07, 6.45) is 3.64. The van der Waals surface area contributed by atoms with Gasteiger partial charge in [-0.3, -0.25) is 14.8 Å². The van der Waals surface area contributed by atoms with Gasteiger partial charge < -0.3 is 15.0 Å². The van der Waals surface area contributed by atoms with Gasteiger partial charge in [0.2, 0.25) is 0 Å². The summed E-state index contributed by atoms with van der Waals surface area (Å²) in [5.74, 6) is 0.635. The number of hydrogen-bond acceptors (Lipinski definition) is 4. The maximum atomic E-state index is 12.0. The lowest BCUT2D eigenvalue weighted by atomic mass is 9.98. The molecule has 1 aromatic rings. The second kappa shape index (κ2) is 10.5. The number of hydrogen-bond donors (Lipinski definition) is 1. The SMILES string of the molecule is CCOC(=O)[C@@H]1CCCN(C(=NC)NCc2ncccc2C)C1.I. The van der Waals surface area contributed by atoms with Crippen LogP contribution in [0, 0.1) is 12.8 Å². The summed E-state index contributed by atoms with van der Waals surface area (Å²) < 4.78 is 5.15. The summed E-state index contributed by atoms with van der Waals surface area (Å²) >= 11 is 0. The number of pyridine rings is 1. The molecule has 2 rings (SSSR count). The average Bonchev–Trinajstić information content (AvgIpc) is 2.57. The molecule has 2 heterocycles. The van der Waals surface area contributed by atoms with Crippen molar-refractivity contribution < 1.29 is 9.53 Å². The monoisotopic (exact) mass is 446 g/mol. The van der Waals surface area contributed by atoms with Crippen molar-refractivity contribution in [1.82, 2.24) is 15.2 Å². The fourth-order valence-electron chi connectivity index (χ4n) is 2.82. The number of aryl methyl sites for hydroxylation is 1. The number of carbonyl (C=O) groups excluding carboxylic acids is 1. The average molecular weight is 446 g/mol. The normalized spacial score (nSPS) is 17.9. The summed E-state index contributed by atoms with van der Waals surface area (Å²) in [5, 5.41) is 3.35. The number of halogens is 1. The van der Waals surface area contributed by atoms with Gasteiger partial charge in [-0.15, -0.1) is 24.0 Å². The summed E-state index contributed by atoms with van der Waals surface area (Å²) in [5.41, 5.74) is 2.16. The van der Waals surface area contributed by atoms with E-state index in [1.54, 1.807) is 13.2 Å². The first-order valence-corrected chi connectivity index (χ1v) is 8.18. The number of nitrogens with zero attached hydrogens (tertiary/aromatic N) is 3. The summed E-state index contributed by atoms with van der Waals surface area (Å²) in [6.45, 7) is 6.50. The molecular formula is C17H27IN4O2. The largest absolute Gasteiger partial charge is 0.466 e. The van der Waals surface area contributed by atoms with Crippen molar-refractivity contribution in [2.75, 3.05) is 26.7 Å². The van der Waals surface area contributed by atoms with Crippen molar-refractivity contribution in [2.24, 2.45) is 10.9 Å². The van der Waals surface area contributed by atoms with Crippen LogP contribution in [0.2, 0.25) is 0 Å². The van der Waals surface area contributed by atoms with Crippen LogP contribution in [0.4, 0.5) is 0 Å². The Bertz CT molecular complexity index is 565. The molecule has 0 bridgehead atoms. The molecule has 0 spiro atoms. The zero-order chi connectivity index (χ0) is 16.7. The number of likely N-dealkylation sites (tertiary alicyclic amines) is 1. The molecule has 0 unspecified atom stereocenters. The highest BCUT2D eigenvalue weighted by molar-refractivity contribution is 14.0. The summed E-state index contributed by atoms with van der Waals surface area (Å²) in [4.78, 5) is 22.8. The van der Waals surface area contributed by atoms with Crippen LogP contribution >= 0.6 is 24.0 Å². The quantitative estimate of drug-likeness (QED) is 0.333. The summed E-state index contributed by atoms with van der Waals surface area (Å²) in [7, 11) is 1.77. The van der Waals surface area contributed by atoms with E-state index in [0.29, 0.717) is 19.7 Å². The summed E-state index contributed by atoms with van der Waals surface area (Å²) in [6, 6.07) is 3.98. The zero-order valence-electron chi connectivity index (χ0n) is 14.6. The van der Waals surface area contributed by atoms with Crippen molar-refractivity contribution in [3.8, 4) is 0 Å². The molecule has 134 valence electrons. The third-order valence-electron chi connectivity index (χ3n) is 4.08. The molecule has 0 aromatic carbocycles. The molecule has 1 saturated heterocycles. The minimum Gasteiger partial charge on any atom is -0.466 e. The molecule has 1 aliphatic heterocycles. The molecular weight excluding hydrogens is 419 g/mol. The molecule has 1 fully saturated rings. The van der Waals surface area contributed by atoms with Crippen LogP contribution in [0.3, 0.4) is 0 Å². The molecule has 0 saturated carbocycles. The van der Waals surface area contributed by atoms with Crippen LogP contribution in [-0.4, -0.2) is 48.6 Å². The van der Waals surface area contributed by atoms with Gasteiger partial charge in [-0.25, -0.2) is 0 Å². The van der Waals surface area contributed by atoms with Crippen LogP contribution in [-0.2, 0) is 16.1 Å². The van der Waals surface area contributed by atoms with Gasteiger partial charge in [0.15, 0.2) is 5.96 Å². The highest BCUT2D eigenvalue weighted by atomic mass is 127. The van der Waals surface area contributed by atoms with Crippen molar-refractivity contribution in [3.05, 3.63) is 29.6 Å². The number of nitrogens with one attached hydrogen (secondary N) is 1. The fourth-order valence-corrected chi connectivity index (χ4v) is 2.82. The molecule has 6 nitrogen and oxygen atoms in total. The van der Waals surface area contributed by atoms with Gasteiger partial charge in [0.05, 0.1) is 24.8 Å². The van der Waals surface area contributed by atoms with Crippen molar-refractivity contribution in [3.63, 3.8) is 0 Å². The number of esters is 1. The molecule has 1 atom stereocenters. The van der Waals surface area contributed by atoms with Crippen LogP contribution in [0.5, 0.6) is 0 Å². The maximum Gasteiger partial charge on any atom is 0.310 e. The first-order valence-electron chi connectivity index (χ1n) is 8.18. The first kappa shape index (κ1) is 20.7. The van der Waals surface area contributed by atoms with E-state index in [1.807, 2.05) is 26.0 Å². The minimum atomic E-state index is -0.103. The Morgan fingerprint density at radius 2 is 2.33 bits per heavy atom. The Labute approximate surface area is 161 Å². The van der Waals surface area contributed by atoms with Crippen molar-refractivity contribution in [1.29, 1.82) is 0 Å². The second-order valence-corrected chi connectivity index (χ2v) is 5.70. The van der Waals surface area contributed by atoms with Gasteiger partial charge in [-0.2, -0.15) is 0 Å². The van der Waals surface area contributed by atoms with Gasteiger partial charge in [-0.1, -0.05) is 6.07 Å². The lowest BCUT2D eigenvalue weighted by molar-refractivity contribution is -0.149. The predicted octanol–water partition coefficient (Wildman–Crippen LogP) is 2.36. The van der Waals surface area contributed by atoms with Crippen LogP contribution in [0.15, 0.2) is 23.3 Å². The number of piperidine rings is 1. The van der Waals surface area contributed by atoms with E-state index in [0.717, 1.165) is 36.6 Å². The Morgan fingerprint density at radius 1 is 1.54 bits per heavy atom. The zero-order valence-corrected chi connectivity index (χ0v) is 16.9. The van der Waals surface area contributed by atoms with E-state index >= 15 is 0 Å². The van der Waals surface area contributed by atoms with Crippen molar-refractivity contribution in [2.45, 2.75) is 33.2 Å². The highest BCUT2D eigenvalue weighted by Gasteiger charge is 2.28. The molecule has 7 heteroatoms. The Kier molecular flexibility index (Phi) is 9.02. The van der Waals surface area contributed by atoms with Crippen LogP contribution < -0.4 is 5.32 Å². The second-order valence-electron chi connectivity index (χ2n) is 5.70. The third kappa shape index (κ3) is 5.61. The lowest BCUT2D eigenvalue weighted by Gasteiger charge is -2.33. The van der Waals surface area contributed by atoms with Crippen LogP contribution in [0.1, 0.15) is 31.0 Å². The van der Waals surface area contributed by atoms with Gasteiger partial charge >= 0.3 is 5.97 Å². The molecule has 0 radical (unpaired) electrons. The number of guanidine groups is 1. The molecule has 24 heavy (non-hydrogen) atoms. The number of rotatable bonds is 4. The van der Waals surface area contributed by atoms with E-state index in [2.05, 4.69) is 20.2 Å². The van der Waals surface area contributed by atoms with Gasteiger partial charge in [0, 0.05) is 26.3 Å². The minimum absolute atomic E-state index is 0. The van der Waals surface area contributed by atoms with E-state index in [4.69, 9.17) is 4.74 Å². The Hall–Kier alpha value is -1.38. The standard InChI is InChI=1S/C17H26N4O2.HI/c1-4-23-16(22)14-8-6-10-21(12-14)17(18-3)20-11-15-13(2)7-5-9-19-15;/h5,7,9,14H,4,6,8,10-12H2,1-3H3,(H,18,20);1H/t14-;/m1./s1. The predicted molar refractivity (Wildman–Crippen MR) is 106 cm³/mol. The topological polar surface area (TPSA) is 66.8 Å². The van der Waals surface area contributed by atoms with Crippen molar-refractivity contribution >= 4 is 35.9 Å².